The minimum absolute atomic E-state index is 0.0357. The molecule has 0 aliphatic heterocycles. The van der Waals surface area contributed by atoms with Gasteiger partial charge in [-0.05, 0) is 37.1 Å². The van der Waals surface area contributed by atoms with Gasteiger partial charge in [0.1, 0.15) is 17.2 Å². The molecule has 7 heteroatoms. The molecule has 0 unspecified atom stereocenters. The van der Waals surface area contributed by atoms with Crippen molar-refractivity contribution in [3.05, 3.63) is 54.0 Å². The van der Waals surface area contributed by atoms with Crippen molar-refractivity contribution in [2.24, 2.45) is 0 Å². The molecule has 2 heterocycles. The Labute approximate surface area is 130 Å². The van der Waals surface area contributed by atoms with Gasteiger partial charge in [-0.2, -0.15) is 0 Å². The maximum atomic E-state index is 14.2. The second-order valence-corrected chi connectivity index (χ2v) is 5.46. The Kier molecular flexibility index (Phi) is 3.07. The molecule has 1 fully saturated rings. The molecule has 0 radical (unpaired) electrons. The second-order valence-electron chi connectivity index (χ2n) is 5.46. The van der Waals surface area contributed by atoms with Gasteiger partial charge in [0.05, 0.1) is 5.69 Å². The largest absolute Gasteiger partial charge is 0.347 e. The van der Waals surface area contributed by atoms with E-state index in [-0.39, 0.29) is 17.6 Å². The van der Waals surface area contributed by atoms with Gasteiger partial charge in [-0.25, -0.2) is 18.7 Å². The summed E-state index contributed by atoms with van der Waals surface area (Å²) in [6.45, 7) is 0. The van der Waals surface area contributed by atoms with Crippen LogP contribution in [0, 0.1) is 11.6 Å². The Hall–Kier alpha value is -2.83. The molecule has 5 nitrogen and oxygen atoms in total. The standard InChI is InChI=1S/C16H12F2N4O/c17-9-3-6-13(11(18)8-9)22-14-12(2-1-7-19-14)21-15(22)16(23)20-10-4-5-10/h1-3,6-8,10H,4-5H2,(H,20,23). The quantitative estimate of drug-likeness (QED) is 0.808. The highest BCUT2D eigenvalue weighted by Gasteiger charge is 2.28. The van der Waals surface area contributed by atoms with Crippen LogP contribution in [0.5, 0.6) is 0 Å². The highest BCUT2D eigenvalue weighted by molar-refractivity contribution is 5.95. The lowest BCUT2D eigenvalue weighted by molar-refractivity contribution is 0.0939. The summed E-state index contributed by atoms with van der Waals surface area (Å²) >= 11 is 0. The molecule has 1 amide bonds. The maximum absolute atomic E-state index is 14.2. The van der Waals surface area contributed by atoms with Gasteiger partial charge in [0.25, 0.3) is 5.91 Å². The van der Waals surface area contributed by atoms with Crippen molar-refractivity contribution in [3.8, 4) is 5.69 Å². The van der Waals surface area contributed by atoms with E-state index in [1.165, 1.54) is 16.8 Å². The third-order valence-corrected chi connectivity index (χ3v) is 3.68. The lowest BCUT2D eigenvalue weighted by atomic mass is 10.3. The Morgan fingerprint density at radius 1 is 1.26 bits per heavy atom. The van der Waals surface area contributed by atoms with Crippen molar-refractivity contribution in [1.82, 2.24) is 19.9 Å². The number of imidazole rings is 1. The van der Waals surface area contributed by atoms with Gasteiger partial charge in [0, 0.05) is 18.3 Å². The fourth-order valence-electron chi connectivity index (χ4n) is 2.43. The van der Waals surface area contributed by atoms with E-state index in [4.69, 9.17) is 0 Å². The number of fused-ring (bicyclic) bond motifs is 1. The number of aromatic nitrogens is 3. The van der Waals surface area contributed by atoms with Gasteiger partial charge in [-0.1, -0.05) is 0 Å². The van der Waals surface area contributed by atoms with Crippen LogP contribution in [-0.4, -0.2) is 26.5 Å². The van der Waals surface area contributed by atoms with Crippen LogP contribution < -0.4 is 5.32 Å². The normalized spacial score (nSPS) is 14.2. The summed E-state index contributed by atoms with van der Waals surface area (Å²) < 4.78 is 28.7. The maximum Gasteiger partial charge on any atom is 0.287 e. The van der Waals surface area contributed by atoms with E-state index in [1.807, 2.05) is 0 Å². The van der Waals surface area contributed by atoms with Crippen LogP contribution in [0.1, 0.15) is 23.5 Å². The van der Waals surface area contributed by atoms with Crippen molar-refractivity contribution in [1.29, 1.82) is 0 Å². The van der Waals surface area contributed by atoms with Gasteiger partial charge in [0.2, 0.25) is 5.82 Å². The van der Waals surface area contributed by atoms with Crippen LogP contribution in [0.3, 0.4) is 0 Å². The van der Waals surface area contributed by atoms with E-state index in [2.05, 4.69) is 15.3 Å². The first-order valence-corrected chi connectivity index (χ1v) is 7.23. The molecule has 1 aliphatic rings. The van der Waals surface area contributed by atoms with Crippen LogP contribution in [0.2, 0.25) is 0 Å². The Balaban J connectivity index is 1.93. The summed E-state index contributed by atoms with van der Waals surface area (Å²) in [5, 5.41) is 2.83. The topological polar surface area (TPSA) is 59.8 Å². The van der Waals surface area contributed by atoms with Crippen LogP contribution in [-0.2, 0) is 0 Å². The molecule has 3 aromatic rings. The minimum atomic E-state index is -0.782. The average Bonchev–Trinajstić information content (AvgIpc) is 3.25. The number of pyridine rings is 1. The fraction of sp³-hybridized carbons (Fsp3) is 0.188. The molecule has 0 bridgehead atoms. The number of hydrogen-bond acceptors (Lipinski definition) is 3. The first-order valence-electron chi connectivity index (χ1n) is 7.23. The molecular weight excluding hydrogens is 302 g/mol. The molecule has 2 aromatic heterocycles. The number of rotatable bonds is 3. The van der Waals surface area contributed by atoms with Crippen LogP contribution >= 0.6 is 0 Å². The Morgan fingerprint density at radius 3 is 2.83 bits per heavy atom. The van der Waals surface area contributed by atoms with Gasteiger partial charge in [-0.3, -0.25) is 9.36 Å². The van der Waals surface area contributed by atoms with Crippen molar-refractivity contribution in [2.45, 2.75) is 18.9 Å². The van der Waals surface area contributed by atoms with E-state index in [0.717, 1.165) is 25.0 Å². The summed E-state index contributed by atoms with van der Waals surface area (Å²) in [7, 11) is 0. The number of halogens is 2. The second kappa shape index (κ2) is 5.12. The number of benzene rings is 1. The molecular formula is C16H12F2N4O. The third kappa shape index (κ3) is 2.44. The number of nitrogens with zero attached hydrogens (tertiary/aromatic N) is 3. The Bertz CT molecular complexity index is 918. The van der Waals surface area contributed by atoms with E-state index < -0.39 is 17.5 Å². The third-order valence-electron chi connectivity index (χ3n) is 3.68. The predicted octanol–water partition coefficient (Wildman–Crippen LogP) is 2.59. The summed E-state index contributed by atoms with van der Waals surface area (Å²) in [5.41, 5.74) is 0.852. The average molecular weight is 314 g/mol. The van der Waals surface area contributed by atoms with E-state index in [1.54, 1.807) is 12.1 Å². The summed E-state index contributed by atoms with van der Waals surface area (Å²) in [6, 6.07) is 6.69. The van der Waals surface area contributed by atoms with Gasteiger partial charge in [-0.15, -0.1) is 0 Å². The molecule has 116 valence electrons. The first-order chi connectivity index (χ1) is 11.1. The highest BCUT2D eigenvalue weighted by atomic mass is 19.1. The molecule has 23 heavy (non-hydrogen) atoms. The molecule has 0 spiro atoms. The zero-order chi connectivity index (χ0) is 16.0. The first kappa shape index (κ1) is 13.8. The van der Waals surface area contributed by atoms with Crippen LogP contribution in [0.4, 0.5) is 8.78 Å². The number of nitrogens with one attached hydrogen (secondary N) is 1. The summed E-state index contributed by atoms with van der Waals surface area (Å²) in [4.78, 5) is 20.9. The SMILES string of the molecule is O=C(NC1CC1)c1nc2cccnc2n1-c1ccc(F)cc1F. The lowest BCUT2D eigenvalue weighted by Gasteiger charge is -2.09. The van der Waals surface area contributed by atoms with E-state index in [9.17, 15) is 13.6 Å². The molecule has 1 aliphatic carbocycles. The van der Waals surface area contributed by atoms with Crippen LogP contribution in [0.15, 0.2) is 36.5 Å². The van der Waals surface area contributed by atoms with Crippen LogP contribution in [0.25, 0.3) is 16.9 Å². The van der Waals surface area contributed by atoms with Gasteiger partial charge < -0.3 is 5.32 Å². The smallest absolute Gasteiger partial charge is 0.287 e. The molecule has 0 atom stereocenters. The van der Waals surface area contributed by atoms with Crippen molar-refractivity contribution in [2.75, 3.05) is 0 Å². The molecule has 1 N–H and O–H groups in total. The number of hydrogen-bond donors (Lipinski definition) is 1. The zero-order valence-electron chi connectivity index (χ0n) is 12.0. The monoisotopic (exact) mass is 314 g/mol. The summed E-state index contributed by atoms with van der Waals surface area (Å²) in [6.07, 6.45) is 3.38. The lowest BCUT2D eigenvalue weighted by Crippen LogP contribution is -2.28. The van der Waals surface area contributed by atoms with Crippen molar-refractivity contribution in [3.63, 3.8) is 0 Å². The fourth-order valence-corrected chi connectivity index (χ4v) is 2.43. The van der Waals surface area contributed by atoms with Gasteiger partial charge in [0.15, 0.2) is 5.65 Å². The number of carbonyl (C=O) groups excluding carboxylic acids is 1. The molecule has 0 saturated heterocycles. The van der Waals surface area contributed by atoms with Crippen molar-refractivity contribution >= 4 is 17.1 Å². The summed E-state index contributed by atoms with van der Waals surface area (Å²) in [5.74, 6) is -1.83. The number of amides is 1. The Morgan fingerprint density at radius 2 is 2.09 bits per heavy atom. The van der Waals surface area contributed by atoms with Gasteiger partial charge >= 0.3 is 0 Å². The van der Waals surface area contributed by atoms with E-state index in [0.29, 0.717) is 11.2 Å². The highest BCUT2D eigenvalue weighted by Crippen LogP contribution is 2.24. The predicted molar refractivity (Wildman–Crippen MR) is 79.3 cm³/mol. The number of carbonyl (C=O) groups is 1. The molecule has 1 saturated carbocycles. The van der Waals surface area contributed by atoms with E-state index >= 15 is 0 Å². The molecule has 1 aromatic carbocycles. The van der Waals surface area contributed by atoms with Crippen molar-refractivity contribution < 1.29 is 13.6 Å². The molecule has 4 rings (SSSR count). The minimum Gasteiger partial charge on any atom is -0.347 e. The zero-order valence-corrected chi connectivity index (χ0v) is 12.0.